The number of hydrogen-bond donors (Lipinski definition) is 2. The summed E-state index contributed by atoms with van der Waals surface area (Å²) in [5, 5.41) is 13.4. The van der Waals surface area contributed by atoms with Gasteiger partial charge in [0.25, 0.3) is 5.91 Å². The van der Waals surface area contributed by atoms with Crippen LogP contribution >= 0.6 is 0 Å². The van der Waals surface area contributed by atoms with Gasteiger partial charge < -0.3 is 5.32 Å². The fourth-order valence-electron chi connectivity index (χ4n) is 3.08. The van der Waals surface area contributed by atoms with Gasteiger partial charge >= 0.3 is 0 Å². The Morgan fingerprint density at radius 3 is 3.09 bits per heavy atom. The standard InChI is InChI=1S/C16H15N5O/c1-9-3-2-4-11-10(9)5-6-12(11)18-16(22)14-8-7-13-15(17-14)20-21-19-13/h2-4,7-8,12H,5-6H2,1H3,(H,18,22)(H,17,19,20,21). The zero-order chi connectivity index (χ0) is 15.1. The molecule has 0 radical (unpaired) electrons. The minimum absolute atomic E-state index is 0.0530. The predicted octanol–water partition coefficient (Wildman–Crippen LogP) is 2.08. The van der Waals surface area contributed by atoms with Gasteiger partial charge in [-0.2, -0.15) is 10.3 Å². The van der Waals surface area contributed by atoms with Gasteiger partial charge in [0.05, 0.1) is 6.04 Å². The summed E-state index contributed by atoms with van der Waals surface area (Å²) in [4.78, 5) is 16.7. The second kappa shape index (κ2) is 4.91. The van der Waals surface area contributed by atoms with E-state index in [1.165, 1.54) is 16.7 Å². The molecule has 1 unspecified atom stereocenters. The van der Waals surface area contributed by atoms with Crippen molar-refractivity contribution in [1.29, 1.82) is 0 Å². The number of carbonyl (C=O) groups is 1. The third-order valence-corrected chi connectivity index (χ3v) is 4.22. The van der Waals surface area contributed by atoms with Gasteiger partial charge in [0.1, 0.15) is 11.2 Å². The number of aromatic amines is 1. The lowest BCUT2D eigenvalue weighted by molar-refractivity contribution is 0.0932. The number of aryl methyl sites for hydroxylation is 1. The summed E-state index contributed by atoms with van der Waals surface area (Å²) in [6, 6.07) is 9.72. The second-order valence-corrected chi connectivity index (χ2v) is 5.57. The van der Waals surface area contributed by atoms with E-state index in [1.807, 2.05) is 6.07 Å². The molecule has 1 aromatic carbocycles. The average molecular weight is 293 g/mol. The van der Waals surface area contributed by atoms with Crippen molar-refractivity contribution in [2.24, 2.45) is 0 Å². The van der Waals surface area contributed by atoms with Crippen LogP contribution in [0.15, 0.2) is 30.3 Å². The highest BCUT2D eigenvalue weighted by atomic mass is 16.1. The molecule has 0 bridgehead atoms. The van der Waals surface area contributed by atoms with E-state index in [9.17, 15) is 4.79 Å². The number of aromatic nitrogens is 4. The number of H-pyrrole nitrogens is 1. The number of amides is 1. The van der Waals surface area contributed by atoms with Gasteiger partial charge in [0.2, 0.25) is 5.65 Å². The Hall–Kier alpha value is -2.76. The molecule has 1 amide bonds. The van der Waals surface area contributed by atoms with E-state index in [1.54, 1.807) is 12.1 Å². The molecule has 1 atom stereocenters. The lowest BCUT2D eigenvalue weighted by atomic mass is 10.0. The summed E-state index contributed by atoms with van der Waals surface area (Å²) in [6.07, 6.45) is 1.93. The van der Waals surface area contributed by atoms with Crippen LogP contribution < -0.4 is 5.32 Å². The highest BCUT2D eigenvalue weighted by molar-refractivity contribution is 5.94. The fraction of sp³-hybridized carbons (Fsp3) is 0.250. The molecule has 0 spiro atoms. The molecule has 3 aromatic rings. The van der Waals surface area contributed by atoms with Crippen molar-refractivity contribution < 1.29 is 4.79 Å². The Morgan fingerprint density at radius 2 is 2.18 bits per heavy atom. The minimum Gasteiger partial charge on any atom is -0.344 e. The number of nitrogens with zero attached hydrogens (tertiary/aromatic N) is 3. The average Bonchev–Trinajstić information content (AvgIpc) is 3.14. The lowest BCUT2D eigenvalue weighted by Gasteiger charge is -2.14. The second-order valence-electron chi connectivity index (χ2n) is 5.57. The SMILES string of the molecule is Cc1cccc2c1CCC2NC(=O)c1ccc2n[nH]nc2n1. The van der Waals surface area contributed by atoms with Crippen molar-refractivity contribution in [3.8, 4) is 0 Å². The van der Waals surface area contributed by atoms with Crippen LogP contribution in [0.1, 0.15) is 39.6 Å². The van der Waals surface area contributed by atoms with Crippen molar-refractivity contribution in [2.45, 2.75) is 25.8 Å². The highest BCUT2D eigenvalue weighted by Gasteiger charge is 2.25. The third kappa shape index (κ3) is 2.04. The fourth-order valence-corrected chi connectivity index (χ4v) is 3.08. The molecule has 2 aromatic heterocycles. The Labute approximate surface area is 127 Å². The van der Waals surface area contributed by atoms with Crippen molar-refractivity contribution in [3.05, 3.63) is 52.7 Å². The summed E-state index contributed by atoms with van der Waals surface area (Å²) in [7, 11) is 0. The zero-order valence-corrected chi connectivity index (χ0v) is 12.1. The van der Waals surface area contributed by atoms with Crippen LogP contribution in [0.25, 0.3) is 11.2 Å². The first-order valence-corrected chi connectivity index (χ1v) is 7.29. The van der Waals surface area contributed by atoms with Crippen molar-refractivity contribution >= 4 is 17.1 Å². The molecule has 2 heterocycles. The Kier molecular flexibility index (Phi) is 2.89. The molecule has 2 N–H and O–H groups in total. The molecule has 0 aliphatic heterocycles. The molecule has 0 saturated heterocycles. The summed E-state index contributed by atoms with van der Waals surface area (Å²) in [6.45, 7) is 2.11. The van der Waals surface area contributed by atoms with Crippen molar-refractivity contribution in [1.82, 2.24) is 25.7 Å². The molecule has 22 heavy (non-hydrogen) atoms. The normalized spacial score (nSPS) is 16.7. The smallest absolute Gasteiger partial charge is 0.270 e. The summed E-state index contributed by atoms with van der Waals surface area (Å²) < 4.78 is 0. The van der Waals surface area contributed by atoms with Gasteiger partial charge in [0, 0.05) is 0 Å². The molecule has 1 aliphatic rings. The van der Waals surface area contributed by atoms with Crippen molar-refractivity contribution in [2.75, 3.05) is 0 Å². The predicted molar refractivity (Wildman–Crippen MR) is 81.4 cm³/mol. The van der Waals surface area contributed by atoms with Gasteiger partial charge in [-0.3, -0.25) is 4.79 Å². The van der Waals surface area contributed by atoms with Crippen LogP contribution in [-0.4, -0.2) is 26.3 Å². The Balaban J connectivity index is 1.59. The molecule has 1 aliphatic carbocycles. The van der Waals surface area contributed by atoms with Gasteiger partial charge in [0.15, 0.2) is 0 Å². The van der Waals surface area contributed by atoms with Gasteiger partial charge in [-0.05, 0) is 48.6 Å². The Morgan fingerprint density at radius 1 is 1.27 bits per heavy atom. The first kappa shape index (κ1) is 12.9. The maximum absolute atomic E-state index is 12.4. The number of carbonyl (C=O) groups excluding carboxylic acids is 1. The first-order chi connectivity index (χ1) is 10.7. The minimum atomic E-state index is -0.177. The number of pyridine rings is 1. The third-order valence-electron chi connectivity index (χ3n) is 4.22. The Bertz CT molecular complexity index is 870. The molecule has 6 nitrogen and oxygen atoms in total. The maximum atomic E-state index is 12.4. The number of nitrogens with one attached hydrogen (secondary N) is 2. The van der Waals surface area contributed by atoms with Crippen LogP contribution in [0, 0.1) is 6.92 Å². The van der Waals surface area contributed by atoms with Crippen molar-refractivity contribution in [3.63, 3.8) is 0 Å². The lowest BCUT2D eigenvalue weighted by Crippen LogP contribution is -2.27. The van der Waals surface area contributed by atoms with Gasteiger partial charge in [-0.25, -0.2) is 4.98 Å². The molecule has 0 saturated carbocycles. The molecular formula is C16H15N5O. The summed E-state index contributed by atoms with van der Waals surface area (Å²) >= 11 is 0. The van der Waals surface area contributed by atoms with Crippen LogP contribution in [0.4, 0.5) is 0 Å². The van der Waals surface area contributed by atoms with Crippen LogP contribution in [-0.2, 0) is 6.42 Å². The van der Waals surface area contributed by atoms with E-state index >= 15 is 0 Å². The largest absolute Gasteiger partial charge is 0.344 e. The summed E-state index contributed by atoms with van der Waals surface area (Å²) in [5.41, 5.74) is 5.33. The molecule has 4 rings (SSSR count). The zero-order valence-electron chi connectivity index (χ0n) is 12.1. The number of hydrogen-bond acceptors (Lipinski definition) is 4. The van der Waals surface area contributed by atoms with E-state index in [4.69, 9.17) is 0 Å². The summed E-state index contributed by atoms with van der Waals surface area (Å²) in [5.74, 6) is -0.177. The quantitative estimate of drug-likeness (QED) is 0.757. The monoisotopic (exact) mass is 293 g/mol. The number of benzene rings is 1. The topological polar surface area (TPSA) is 83.6 Å². The van der Waals surface area contributed by atoms with E-state index in [0.717, 1.165) is 12.8 Å². The molecule has 0 fully saturated rings. The van der Waals surface area contributed by atoms with E-state index in [-0.39, 0.29) is 11.9 Å². The first-order valence-electron chi connectivity index (χ1n) is 7.29. The highest BCUT2D eigenvalue weighted by Crippen LogP contribution is 2.33. The van der Waals surface area contributed by atoms with E-state index < -0.39 is 0 Å². The van der Waals surface area contributed by atoms with E-state index in [2.05, 4.69) is 44.8 Å². The van der Waals surface area contributed by atoms with E-state index in [0.29, 0.717) is 16.9 Å². The number of fused-ring (bicyclic) bond motifs is 2. The van der Waals surface area contributed by atoms with Crippen LogP contribution in [0.5, 0.6) is 0 Å². The number of rotatable bonds is 2. The molecular weight excluding hydrogens is 278 g/mol. The molecule has 6 heteroatoms. The van der Waals surface area contributed by atoms with Gasteiger partial charge in [-0.1, -0.05) is 18.2 Å². The van der Waals surface area contributed by atoms with Crippen LogP contribution in [0.2, 0.25) is 0 Å². The maximum Gasteiger partial charge on any atom is 0.270 e. The van der Waals surface area contributed by atoms with Crippen LogP contribution in [0.3, 0.4) is 0 Å². The molecule has 110 valence electrons. The van der Waals surface area contributed by atoms with Gasteiger partial charge in [-0.15, -0.1) is 5.10 Å².